The number of likely N-dealkylation sites (N-methyl/N-ethyl adjacent to an activating group) is 1. The van der Waals surface area contributed by atoms with Crippen LogP contribution in [0.5, 0.6) is 0 Å². The number of rotatable bonds is 6. The number of methoxy groups -OCH3 is 1. The lowest BCUT2D eigenvalue weighted by molar-refractivity contribution is -0.128. The molecule has 3 amide bonds. The van der Waals surface area contributed by atoms with Gasteiger partial charge in [0.15, 0.2) is 0 Å². The molecule has 0 aromatic heterocycles. The molecule has 0 spiro atoms. The highest BCUT2D eigenvalue weighted by Crippen LogP contribution is 2.20. The Morgan fingerprint density at radius 1 is 1.14 bits per heavy atom. The Kier molecular flexibility index (Phi) is 6.64. The van der Waals surface area contributed by atoms with Crippen molar-refractivity contribution in [3.05, 3.63) is 29.8 Å². The van der Waals surface area contributed by atoms with Crippen LogP contribution in [0.2, 0.25) is 0 Å². The van der Waals surface area contributed by atoms with Gasteiger partial charge in [-0.05, 0) is 31.3 Å². The van der Waals surface area contributed by atoms with Gasteiger partial charge in [-0.3, -0.25) is 14.4 Å². The second kappa shape index (κ2) is 9.16. The van der Waals surface area contributed by atoms with E-state index in [0.29, 0.717) is 30.9 Å². The van der Waals surface area contributed by atoms with E-state index < -0.39 is 0 Å². The van der Waals surface area contributed by atoms with Crippen LogP contribution in [0, 0.1) is 5.92 Å². The number of benzene rings is 1. The number of likely N-dealkylation sites (tertiary alicyclic amines) is 1. The van der Waals surface area contributed by atoms with E-state index in [0.717, 1.165) is 26.2 Å². The quantitative estimate of drug-likeness (QED) is 0.768. The number of hydrogen-bond acceptors (Lipinski definition) is 5. The zero-order valence-electron chi connectivity index (χ0n) is 16.5. The lowest BCUT2D eigenvalue weighted by Gasteiger charge is -2.32. The van der Waals surface area contributed by atoms with Crippen LogP contribution in [0.25, 0.3) is 0 Å². The fraction of sp³-hybridized carbons (Fsp3) is 0.550. The molecule has 2 aliphatic heterocycles. The van der Waals surface area contributed by atoms with Gasteiger partial charge in [-0.2, -0.15) is 0 Å². The van der Waals surface area contributed by atoms with Crippen LogP contribution >= 0.6 is 0 Å². The fourth-order valence-corrected chi connectivity index (χ4v) is 3.50. The van der Waals surface area contributed by atoms with Crippen LogP contribution in [-0.2, 0) is 14.3 Å². The van der Waals surface area contributed by atoms with E-state index in [-0.39, 0.29) is 30.1 Å². The molecule has 8 heteroatoms. The van der Waals surface area contributed by atoms with E-state index in [1.54, 1.807) is 36.3 Å². The maximum atomic E-state index is 12.6. The van der Waals surface area contributed by atoms with Gasteiger partial charge in [0, 0.05) is 64.0 Å². The molecule has 1 atom stereocenters. The predicted molar refractivity (Wildman–Crippen MR) is 105 cm³/mol. The van der Waals surface area contributed by atoms with Crippen LogP contribution in [0.3, 0.4) is 0 Å². The Hall–Kier alpha value is -2.45. The topological polar surface area (TPSA) is 82.2 Å². The van der Waals surface area contributed by atoms with Crippen molar-refractivity contribution >= 4 is 23.4 Å². The Morgan fingerprint density at radius 3 is 2.46 bits per heavy atom. The number of ether oxygens (including phenoxy) is 1. The molecule has 0 aliphatic carbocycles. The van der Waals surface area contributed by atoms with Gasteiger partial charge in [-0.15, -0.1) is 0 Å². The minimum absolute atomic E-state index is 0.0150. The molecule has 152 valence electrons. The van der Waals surface area contributed by atoms with Gasteiger partial charge in [0.1, 0.15) is 0 Å². The molecule has 2 heterocycles. The molecule has 2 aliphatic rings. The molecule has 1 aromatic rings. The van der Waals surface area contributed by atoms with Crippen molar-refractivity contribution in [1.82, 2.24) is 14.7 Å². The highest BCUT2D eigenvalue weighted by Gasteiger charge is 2.34. The first kappa shape index (κ1) is 20.3. The summed E-state index contributed by atoms with van der Waals surface area (Å²) in [5, 5.41) is 2.85. The number of piperazine rings is 1. The van der Waals surface area contributed by atoms with Gasteiger partial charge >= 0.3 is 0 Å². The highest BCUT2D eigenvalue weighted by molar-refractivity contribution is 5.98. The molecule has 0 bridgehead atoms. The standard InChI is InChI=1S/C20H28N4O4/c1-22-7-9-23(10-8-22)20(27)15-3-5-17(6-4-15)21-19(26)16-13-18(25)24(14-16)11-12-28-2/h3-6,16H,7-14H2,1-2H3,(H,21,26). The molecule has 3 rings (SSSR count). The number of anilines is 1. The summed E-state index contributed by atoms with van der Waals surface area (Å²) in [5.41, 5.74) is 1.24. The Morgan fingerprint density at radius 2 is 1.82 bits per heavy atom. The summed E-state index contributed by atoms with van der Waals surface area (Å²) in [6, 6.07) is 6.95. The molecule has 2 saturated heterocycles. The monoisotopic (exact) mass is 388 g/mol. The van der Waals surface area contributed by atoms with Crippen molar-refractivity contribution in [3.8, 4) is 0 Å². The first-order valence-electron chi connectivity index (χ1n) is 9.63. The maximum Gasteiger partial charge on any atom is 0.253 e. The third-order valence-corrected chi connectivity index (χ3v) is 5.34. The summed E-state index contributed by atoms with van der Waals surface area (Å²) in [7, 11) is 3.64. The number of amides is 3. The zero-order chi connectivity index (χ0) is 20.1. The molecule has 1 aromatic carbocycles. The van der Waals surface area contributed by atoms with Gasteiger partial charge in [0.25, 0.3) is 5.91 Å². The normalized spacial score (nSPS) is 20.5. The number of carbonyl (C=O) groups excluding carboxylic acids is 3. The van der Waals surface area contributed by atoms with Crippen molar-refractivity contribution in [2.24, 2.45) is 5.92 Å². The van der Waals surface area contributed by atoms with E-state index in [4.69, 9.17) is 4.74 Å². The van der Waals surface area contributed by atoms with Crippen molar-refractivity contribution < 1.29 is 19.1 Å². The zero-order valence-corrected chi connectivity index (χ0v) is 16.5. The van der Waals surface area contributed by atoms with E-state index in [2.05, 4.69) is 10.2 Å². The molecule has 0 radical (unpaired) electrons. The van der Waals surface area contributed by atoms with E-state index in [1.165, 1.54) is 0 Å². The lowest BCUT2D eigenvalue weighted by atomic mass is 10.1. The third kappa shape index (κ3) is 4.88. The van der Waals surface area contributed by atoms with Crippen LogP contribution in [0.15, 0.2) is 24.3 Å². The Labute approximate surface area is 165 Å². The predicted octanol–water partition coefficient (Wildman–Crippen LogP) is 0.508. The highest BCUT2D eigenvalue weighted by atomic mass is 16.5. The first-order chi connectivity index (χ1) is 13.5. The number of carbonyl (C=O) groups is 3. The van der Waals surface area contributed by atoms with E-state index >= 15 is 0 Å². The average Bonchev–Trinajstić information content (AvgIpc) is 3.08. The second-order valence-corrected chi connectivity index (χ2v) is 7.40. The van der Waals surface area contributed by atoms with Gasteiger partial charge in [0.05, 0.1) is 12.5 Å². The first-order valence-corrected chi connectivity index (χ1v) is 9.63. The lowest BCUT2D eigenvalue weighted by Crippen LogP contribution is -2.47. The van der Waals surface area contributed by atoms with Gasteiger partial charge in [0.2, 0.25) is 11.8 Å². The molecule has 0 saturated carbocycles. The minimum Gasteiger partial charge on any atom is -0.383 e. The summed E-state index contributed by atoms with van der Waals surface area (Å²) < 4.78 is 5.00. The minimum atomic E-state index is -0.365. The number of nitrogens with zero attached hydrogens (tertiary/aromatic N) is 3. The summed E-state index contributed by atoms with van der Waals surface area (Å²) in [4.78, 5) is 42.7. The summed E-state index contributed by atoms with van der Waals surface area (Å²) >= 11 is 0. The van der Waals surface area contributed by atoms with Gasteiger partial charge in [-0.1, -0.05) is 0 Å². The molecule has 1 N–H and O–H groups in total. The van der Waals surface area contributed by atoms with Crippen molar-refractivity contribution in [1.29, 1.82) is 0 Å². The molecule has 2 fully saturated rings. The van der Waals surface area contributed by atoms with E-state index in [1.807, 2.05) is 11.9 Å². The van der Waals surface area contributed by atoms with Gasteiger partial charge < -0.3 is 24.8 Å². The fourth-order valence-electron chi connectivity index (χ4n) is 3.50. The smallest absolute Gasteiger partial charge is 0.253 e. The van der Waals surface area contributed by atoms with Crippen LogP contribution in [0.1, 0.15) is 16.8 Å². The Bertz CT molecular complexity index is 713. The largest absolute Gasteiger partial charge is 0.383 e. The molecular formula is C20H28N4O4. The maximum absolute atomic E-state index is 12.6. The summed E-state index contributed by atoms with van der Waals surface area (Å²) in [6.07, 6.45) is 0.218. The van der Waals surface area contributed by atoms with Crippen LogP contribution in [0.4, 0.5) is 5.69 Å². The summed E-state index contributed by atoms with van der Waals surface area (Å²) in [6.45, 7) is 4.58. The SMILES string of the molecule is COCCN1CC(C(=O)Nc2ccc(C(=O)N3CCN(C)CC3)cc2)CC1=O. The Balaban J connectivity index is 1.53. The van der Waals surface area contributed by atoms with Crippen LogP contribution < -0.4 is 5.32 Å². The van der Waals surface area contributed by atoms with Crippen molar-refractivity contribution in [2.75, 3.05) is 65.3 Å². The molecule has 1 unspecified atom stereocenters. The second-order valence-electron chi connectivity index (χ2n) is 7.40. The molecular weight excluding hydrogens is 360 g/mol. The summed E-state index contributed by atoms with van der Waals surface area (Å²) in [5.74, 6) is -0.547. The van der Waals surface area contributed by atoms with Crippen molar-refractivity contribution in [2.45, 2.75) is 6.42 Å². The average molecular weight is 388 g/mol. The molecule has 8 nitrogen and oxygen atoms in total. The number of hydrogen-bond donors (Lipinski definition) is 1. The third-order valence-electron chi connectivity index (χ3n) is 5.34. The van der Waals surface area contributed by atoms with Crippen LogP contribution in [-0.4, -0.2) is 92.5 Å². The van der Waals surface area contributed by atoms with Gasteiger partial charge in [-0.25, -0.2) is 0 Å². The van der Waals surface area contributed by atoms with Crippen molar-refractivity contribution in [3.63, 3.8) is 0 Å². The van der Waals surface area contributed by atoms with E-state index in [9.17, 15) is 14.4 Å². The molecule has 28 heavy (non-hydrogen) atoms. The number of nitrogens with one attached hydrogen (secondary N) is 1.